The highest BCUT2D eigenvalue weighted by atomic mass is 16.2. The summed E-state index contributed by atoms with van der Waals surface area (Å²) in [5, 5.41) is 7.65. The first-order valence-corrected chi connectivity index (χ1v) is 8.76. The zero-order valence-electron chi connectivity index (χ0n) is 14.9. The minimum atomic E-state index is 0.0154. The van der Waals surface area contributed by atoms with Crippen LogP contribution in [0.2, 0.25) is 0 Å². The Morgan fingerprint density at radius 2 is 2.04 bits per heavy atom. The Morgan fingerprint density at radius 1 is 1.19 bits per heavy atom. The van der Waals surface area contributed by atoms with E-state index in [2.05, 4.69) is 22.3 Å². The molecule has 26 heavy (non-hydrogen) atoms. The van der Waals surface area contributed by atoms with E-state index in [1.165, 1.54) is 6.33 Å². The average Bonchev–Trinajstić information content (AvgIpc) is 3.11. The molecule has 1 atom stereocenters. The van der Waals surface area contributed by atoms with Gasteiger partial charge in [-0.3, -0.25) is 4.79 Å². The van der Waals surface area contributed by atoms with Crippen LogP contribution in [0, 0.1) is 6.92 Å². The van der Waals surface area contributed by atoms with E-state index in [0.29, 0.717) is 18.2 Å². The average molecular weight is 347 g/mol. The number of nitrogens with zero attached hydrogens (tertiary/aromatic N) is 4. The van der Waals surface area contributed by atoms with Crippen LogP contribution in [-0.4, -0.2) is 33.3 Å². The van der Waals surface area contributed by atoms with Crippen molar-refractivity contribution in [1.82, 2.24) is 14.8 Å². The summed E-state index contributed by atoms with van der Waals surface area (Å²) in [5.41, 5.74) is 4.51. The summed E-state index contributed by atoms with van der Waals surface area (Å²) in [6, 6.07) is 14.0. The molecule has 0 aliphatic carbocycles. The quantitative estimate of drug-likeness (QED) is 0.771. The number of rotatable bonds is 2. The molecule has 0 saturated carbocycles. The fourth-order valence-electron chi connectivity index (χ4n) is 3.36. The Hall–Kier alpha value is -3.15. The summed E-state index contributed by atoms with van der Waals surface area (Å²) < 4.78 is 1.70. The lowest BCUT2D eigenvalue weighted by atomic mass is 10.1. The Balaban J connectivity index is 1.69. The lowest BCUT2D eigenvalue weighted by Crippen LogP contribution is -2.32. The molecule has 1 aromatic heterocycles. The first-order valence-electron chi connectivity index (χ1n) is 8.76. The second-order valence-corrected chi connectivity index (χ2v) is 6.65. The molecule has 0 radical (unpaired) electrons. The topological polar surface area (TPSA) is 63.1 Å². The Kier molecular flexibility index (Phi) is 4.16. The number of carbonyl (C=O) groups excluding carboxylic acids is 1. The summed E-state index contributed by atoms with van der Waals surface area (Å²) in [5.74, 6) is 0.0154. The second kappa shape index (κ2) is 6.63. The third-order valence-corrected chi connectivity index (χ3v) is 4.74. The van der Waals surface area contributed by atoms with Crippen LogP contribution in [0.1, 0.15) is 29.3 Å². The van der Waals surface area contributed by atoms with Crippen molar-refractivity contribution in [3.05, 3.63) is 66.2 Å². The number of fused-ring (bicyclic) bond motifs is 1. The van der Waals surface area contributed by atoms with Crippen molar-refractivity contribution in [1.29, 1.82) is 0 Å². The predicted molar refractivity (Wildman–Crippen MR) is 102 cm³/mol. The molecule has 2 aromatic carbocycles. The van der Waals surface area contributed by atoms with E-state index in [0.717, 1.165) is 29.0 Å². The smallest absolute Gasteiger partial charge is 0.258 e. The molecular formula is C20H21N5O. The van der Waals surface area contributed by atoms with Crippen molar-refractivity contribution in [2.24, 2.45) is 0 Å². The monoisotopic (exact) mass is 347 g/mol. The van der Waals surface area contributed by atoms with Gasteiger partial charge in [0.15, 0.2) is 0 Å². The van der Waals surface area contributed by atoms with Gasteiger partial charge >= 0.3 is 0 Å². The summed E-state index contributed by atoms with van der Waals surface area (Å²) in [6.07, 6.45) is 4.05. The number of benzene rings is 2. The standard InChI is InChI=1S/C20H21N5O/c1-14-11-16(7-8-18(14)25-13-21-12-22-25)20(26)24-10-9-15(2)23-17-5-3-4-6-19(17)24/h3-8,11-13,15,23H,9-10H2,1-2H3/t15-/m0/s1. The Bertz CT molecular complexity index is 935. The molecule has 1 amide bonds. The fourth-order valence-corrected chi connectivity index (χ4v) is 3.36. The molecule has 6 heteroatoms. The Labute approximate surface area is 152 Å². The van der Waals surface area contributed by atoms with Gasteiger partial charge in [-0.2, -0.15) is 5.10 Å². The van der Waals surface area contributed by atoms with Crippen LogP contribution < -0.4 is 10.2 Å². The van der Waals surface area contributed by atoms with Crippen LogP contribution in [0.4, 0.5) is 11.4 Å². The number of amides is 1. The van der Waals surface area contributed by atoms with Gasteiger partial charge in [-0.25, -0.2) is 9.67 Å². The van der Waals surface area contributed by atoms with E-state index in [1.54, 1.807) is 11.0 Å². The molecule has 0 fully saturated rings. The van der Waals surface area contributed by atoms with Gasteiger partial charge in [0.1, 0.15) is 12.7 Å². The second-order valence-electron chi connectivity index (χ2n) is 6.65. The first-order chi connectivity index (χ1) is 12.6. The zero-order chi connectivity index (χ0) is 18.1. The SMILES string of the molecule is Cc1cc(C(=O)N2CC[C@H](C)Nc3ccccc32)ccc1-n1cncn1. The van der Waals surface area contributed by atoms with Crippen LogP contribution in [0.25, 0.3) is 5.69 Å². The molecule has 1 aliphatic heterocycles. The summed E-state index contributed by atoms with van der Waals surface area (Å²) in [4.78, 5) is 19.1. The third kappa shape index (κ3) is 2.94. The number of hydrogen-bond donors (Lipinski definition) is 1. The maximum absolute atomic E-state index is 13.2. The van der Waals surface area contributed by atoms with E-state index in [9.17, 15) is 4.79 Å². The predicted octanol–water partition coefficient (Wildman–Crippen LogP) is 3.43. The highest BCUT2D eigenvalue weighted by Crippen LogP contribution is 2.31. The maximum atomic E-state index is 13.2. The zero-order valence-corrected chi connectivity index (χ0v) is 14.9. The molecule has 6 nitrogen and oxygen atoms in total. The van der Waals surface area contributed by atoms with E-state index in [1.807, 2.05) is 54.3 Å². The van der Waals surface area contributed by atoms with Crippen molar-refractivity contribution in [3.63, 3.8) is 0 Å². The van der Waals surface area contributed by atoms with Crippen molar-refractivity contribution in [2.45, 2.75) is 26.3 Å². The van der Waals surface area contributed by atoms with E-state index >= 15 is 0 Å². The van der Waals surface area contributed by atoms with Crippen LogP contribution in [0.5, 0.6) is 0 Å². The highest BCUT2D eigenvalue weighted by molar-refractivity contribution is 6.08. The first kappa shape index (κ1) is 16.3. The molecule has 2 heterocycles. The molecule has 0 saturated heterocycles. The minimum Gasteiger partial charge on any atom is -0.381 e. The van der Waals surface area contributed by atoms with Crippen LogP contribution in [0.3, 0.4) is 0 Å². The number of aryl methyl sites for hydroxylation is 1. The van der Waals surface area contributed by atoms with Crippen molar-refractivity contribution in [3.8, 4) is 5.69 Å². The van der Waals surface area contributed by atoms with Gasteiger partial charge in [-0.05, 0) is 56.2 Å². The fraction of sp³-hybridized carbons (Fsp3) is 0.250. The van der Waals surface area contributed by atoms with Gasteiger partial charge in [0.25, 0.3) is 5.91 Å². The molecular weight excluding hydrogens is 326 g/mol. The minimum absolute atomic E-state index is 0.0154. The van der Waals surface area contributed by atoms with E-state index in [4.69, 9.17) is 0 Å². The molecule has 0 spiro atoms. The number of anilines is 2. The van der Waals surface area contributed by atoms with E-state index in [-0.39, 0.29) is 5.91 Å². The molecule has 3 aromatic rings. The third-order valence-electron chi connectivity index (χ3n) is 4.74. The lowest BCUT2D eigenvalue weighted by molar-refractivity contribution is 0.0987. The summed E-state index contributed by atoms with van der Waals surface area (Å²) in [6.45, 7) is 4.81. The van der Waals surface area contributed by atoms with Gasteiger partial charge in [-0.15, -0.1) is 0 Å². The van der Waals surface area contributed by atoms with Gasteiger partial charge in [0, 0.05) is 18.2 Å². The van der Waals surface area contributed by atoms with Crippen molar-refractivity contribution in [2.75, 3.05) is 16.8 Å². The molecule has 1 aliphatic rings. The number of hydrogen-bond acceptors (Lipinski definition) is 4. The number of carbonyl (C=O) groups is 1. The molecule has 4 rings (SSSR count). The number of nitrogens with one attached hydrogen (secondary N) is 1. The van der Waals surface area contributed by atoms with Crippen LogP contribution in [-0.2, 0) is 0 Å². The highest BCUT2D eigenvalue weighted by Gasteiger charge is 2.24. The van der Waals surface area contributed by atoms with Crippen LogP contribution in [0.15, 0.2) is 55.1 Å². The summed E-state index contributed by atoms with van der Waals surface area (Å²) in [7, 11) is 0. The van der Waals surface area contributed by atoms with E-state index < -0.39 is 0 Å². The van der Waals surface area contributed by atoms with Gasteiger partial charge in [0.05, 0.1) is 17.1 Å². The molecule has 132 valence electrons. The van der Waals surface area contributed by atoms with Gasteiger partial charge < -0.3 is 10.2 Å². The maximum Gasteiger partial charge on any atom is 0.258 e. The summed E-state index contributed by atoms with van der Waals surface area (Å²) >= 11 is 0. The van der Waals surface area contributed by atoms with Crippen molar-refractivity contribution < 1.29 is 4.79 Å². The molecule has 0 unspecified atom stereocenters. The van der Waals surface area contributed by atoms with Crippen LogP contribution >= 0.6 is 0 Å². The normalized spacial score (nSPS) is 16.5. The van der Waals surface area contributed by atoms with Gasteiger partial charge in [0.2, 0.25) is 0 Å². The Morgan fingerprint density at radius 3 is 2.81 bits per heavy atom. The number of aromatic nitrogens is 3. The molecule has 1 N–H and O–H groups in total. The lowest BCUT2D eigenvalue weighted by Gasteiger charge is -2.23. The largest absolute Gasteiger partial charge is 0.381 e. The van der Waals surface area contributed by atoms with Gasteiger partial charge in [-0.1, -0.05) is 12.1 Å². The molecule has 0 bridgehead atoms. The number of para-hydroxylation sites is 2. The van der Waals surface area contributed by atoms with Crippen molar-refractivity contribution >= 4 is 17.3 Å².